The van der Waals surface area contributed by atoms with Crippen molar-refractivity contribution in [1.29, 1.82) is 0 Å². The second-order valence-electron chi connectivity index (χ2n) is 5.58. The van der Waals surface area contributed by atoms with Crippen molar-refractivity contribution in [2.24, 2.45) is 4.99 Å². The third-order valence-electron chi connectivity index (χ3n) is 3.54. The number of aromatic nitrogens is 1. The Morgan fingerprint density at radius 3 is 2.48 bits per heavy atom. The van der Waals surface area contributed by atoms with E-state index in [1.165, 1.54) is 0 Å². The lowest BCUT2D eigenvalue weighted by Crippen LogP contribution is -2.38. The van der Waals surface area contributed by atoms with Crippen molar-refractivity contribution in [2.45, 2.75) is 52.5 Å². The second-order valence-corrected chi connectivity index (χ2v) is 5.58. The van der Waals surface area contributed by atoms with Gasteiger partial charge in [-0.3, -0.25) is 9.79 Å². The molecule has 1 heterocycles. The van der Waals surface area contributed by atoms with Gasteiger partial charge in [-0.2, -0.15) is 0 Å². The van der Waals surface area contributed by atoms with Crippen LogP contribution in [0.15, 0.2) is 29.5 Å². The Balaban J connectivity index is 0.00000576. The molecule has 1 aromatic rings. The zero-order valence-electron chi connectivity index (χ0n) is 15.5. The molecular weight excluding hydrogens is 431 g/mol. The summed E-state index contributed by atoms with van der Waals surface area (Å²) in [6.07, 6.45) is 8.72. The molecule has 0 radical (unpaired) electrons. The summed E-state index contributed by atoms with van der Waals surface area (Å²) >= 11 is 0. The standard InChI is InChI=1S/C18H32N4O2.HI/c1-3-19-18(21-13-16-22-14-9-10-15-22)20-12-8-6-5-7-11-17(23)24-4-2;/h9-10,14-15H,3-8,11-13,16H2,1-2H3,(H2,19,20,21);1H. The number of aliphatic imine (C=N–C) groups is 1. The lowest BCUT2D eigenvalue weighted by atomic mass is 10.1. The number of hydrogen-bond acceptors (Lipinski definition) is 3. The largest absolute Gasteiger partial charge is 0.466 e. The highest BCUT2D eigenvalue weighted by atomic mass is 127. The summed E-state index contributed by atoms with van der Waals surface area (Å²) in [5, 5.41) is 6.61. The van der Waals surface area contributed by atoms with Crippen LogP contribution in [0.4, 0.5) is 0 Å². The van der Waals surface area contributed by atoms with Crippen LogP contribution in [0, 0.1) is 0 Å². The van der Waals surface area contributed by atoms with Gasteiger partial charge in [-0.15, -0.1) is 24.0 Å². The number of halogens is 1. The van der Waals surface area contributed by atoms with Crippen molar-refractivity contribution in [3.8, 4) is 0 Å². The third kappa shape index (κ3) is 12.7. The van der Waals surface area contributed by atoms with Gasteiger partial charge in [-0.1, -0.05) is 12.8 Å². The van der Waals surface area contributed by atoms with Crippen molar-refractivity contribution in [1.82, 2.24) is 15.2 Å². The monoisotopic (exact) mass is 464 g/mol. The van der Waals surface area contributed by atoms with E-state index in [1.807, 2.05) is 19.1 Å². The number of hydrogen-bond donors (Lipinski definition) is 2. The number of nitrogens with zero attached hydrogens (tertiary/aromatic N) is 2. The fraction of sp³-hybridized carbons (Fsp3) is 0.667. The van der Waals surface area contributed by atoms with Crippen LogP contribution >= 0.6 is 24.0 Å². The van der Waals surface area contributed by atoms with Gasteiger partial charge >= 0.3 is 5.97 Å². The molecular formula is C18H33IN4O2. The first-order valence-corrected chi connectivity index (χ1v) is 9.04. The number of unbranched alkanes of at least 4 members (excludes halogenated alkanes) is 3. The molecule has 1 aromatic heterocycles. The first-order valence-electron chi connectivity index (χ1n) is 9.04. The van der Waals surface area contributed by atoms with E-state index in [9.17, 15) is 4.79 Å². The third-order valence-corrected chi connectivity index (χ3v) is 3.54. The predicted molar refractivity (Wildman–Crippen MR) is 114 cm³/mol. The van der Waals surface area contributed by atoms with Crippen LogP contribution in [-0.2, 0) is 16.1 Å². The van der Waals surface area contributed by atoms with Gasteiger partial charge in [0.05, 0.1) is 6.61 Å². The van der Waals surface area contributed by atoms with Gasteiger partial charge in [0.15, 0.2) is 5.96 Å². The molecule has 25 heavy (non-hydrogen) atoms. The van der Waals surface area contributed by atoms with Crippen LogP contribution in [0.3, 0.4) is 0 Å². The van der Waals surface area contributed by atoms with Gasteiger partial charge in [-0.25, -0.2) is 0 Å². The minimum atomic E-state index is -0.0863. The zero-order chi connectivity index (χ0) is 17.5. The Labute approximate surface area is 168 Å². The highest BCUT2D eigenvalue weighted by molar-refractivity contribution is 14.0. The molecule has 1 rings (SSSR count). The first-order chi connectivity index (χ1) is 11.8. The van der Waals surface area contributed by atoms with E-state index >= 15 is 0 Å². The minimum Gasteiger partial charge on any atom is -0.466 e. The predicted octanol–water partition coefficient (Wildman–Crippen LogP) is 3.17. The number of nitrogens with one attached hydrogen (secondary N) is 2. The molecule has 0 aliphatic rings. The molecule has 0 unspecified atom stereocenters. The first kappa shape index (κ1) is 23.8. The molecule has 0 aromatic carbocycles. The molecule has 0 atom stereocenters. The summed E-state index contributed by atoms with van der Waals surface area (Å²) in [5.74, 6) is 0.785. The van der Waals surface area contributed by atoms with Gasteiger partial charge < -0.3 is 19.9 Å². The molecule has 0 saturated carbocycles. The van der Waals surface area contributed by atoms with E-state index in [0.717, 1.165) is 57.8 Å². The summed E-state index contributed by atoms with van der Waals surface area (Å²) in [5.41, 5.74) is 0. The molecule has 0 bridgehead atoms. The molecule has 0 aliphatic heterocycles. The van der Waals surface area contributed by atoms with Crippen LogP contribution in [0.25, 0.3) is 0 Å². The minimum absolute atomic E-state index is 0. The Morgan fingerprint density at radius 1 is 1.08 bits per heavy atom. The van der Waals surface area contributed by atoms with Gasteiger partial charge in [-0.05, 0) is 38.8 Å². The van der Waals surface area contributed by atoms with Crippen molar-refractivity contribution < 1.29 is 9.53 Å². The van der Waals surface area contributed by atoms with Gasteiger partial charge in [0.25, 0.3) is 0 Å². The van der Waals surface area contributed by atoms with Crippen LogP contribution in [0.2, 0.25) is 0 Å². The van der Waals surface area contributed by atoms with Crippen LogP contribution < -0.4 is 10.6 Å². The second kappa shape index (κ2) is 16.2. The maximum atomic E-state index is 11.2. The fourth-order valence-electron chi connectivity index (χ4n) is 2.32. The quantitative estimate of drug-likeness (QED) is 0.164. The number of carbonyl (C=O) groups excluding carboxylic acids is 1. The van der Waals surface area contributed by atoms with Crippen LogP contribution in [-0.4, -0.2) is 42.7 Å². The lowest BCUT2D eigenvalue weighted by molar-refractivity contribution is -0.143. The molecule has 0 spiro atoms. The smallest absolute Gasteiger partial charge is 0.305 e. The average Bonchev–Trinajstić information content (AvgIpc) is 3.07. The Morgan fingerprint density at radius 2 is 1.80 bits per heavy atom. The highest BCUT2D eigenvalue weighted by Gasteiger charge is 2.01. The number of rotatable bonds is 12. The molecule has 0 amide bonds. The molecule has 2 N–H and O–H groups in total. The fourth-order valence-corrected chi connectivity index (χ4v) is 2.32. The maximum absolute atomic E-state index is 11.2. The summed E-state index contributed by atoms with van der Waals surface area (Å²) in [6, 6.07) is 4.06. The molecule has 0 fully saturated rings. The van der Waals surface area contributed by atoms with Crippen molar-refractivity contribution >= 4 is 35.9 Å². The van der Waals surface area contributed by atoms with E-state index in [4.69, 9.17) is 4.74 Å². The molecule has 7 heteroatoms. The number of guanidine groups is 1. The highest BCUT2D eigenvalue weighted by Crippen LogP contribution is 2.04. The Bertz CT molecular complexity index is 464. The van der Waals surface area contributed by atoms with Gasteiger partial charge in [0, 0.05) is 45.0 Å². The summed E-state index contributed by atoms with van der Waals surface area (Å²) in [4.78, 5) is 15.8. The van der Waals surface area contributed by atoms with Crippen molar-refractivity contribution in [2.75, 3.05) is 26.2 Å². The average molecular weight is 464 g/mol. The van der Waals surface area contributed by atoms with E-state index in [2.05, 4.69) is 39.5 Å². The van der Waals surface area contributed by atoms with Gasteiger partial charge in [0.1, 0.15) is 0 Å². The number of carbonyl (C=O) groups is 1. The summed E-state index contributed by atoms with van der Waals surface area (Å²) < 4.78 is 7.05. The number of esters is 1. The molecule has 0 aliphatic carbocycles. The molecule has 0 saturated heterocycles. The lowest BCUT2D eigenvalue weighted by Gasteiger charge is -2.11. The normalized spacial score (nSPS) is 10.9. The maximum Gasteiger partial charge on any atom is 0.305 e. The van der Waals surface area contributed by atoms with E-state index in [1.54, 1.807) is 0 Å². The Hall–Kier alpha value is -1.25. The summed E-state index contributed by atoms with van der Waals surface area (Å²) in [6.45, 7) is 7.81. The van der Waals surface area contributed by atoms with Crippen molar-refractivity contribution in [3.05, 3.63) is 24.5 Å². The molecule has 6 nitrogen and oxygen atoms in total. The van der Waals surface area contributed by atoms with Crippen molar-refractivity contribution in [3.63, 3.8) is 0 Å². The summed E-state index contributed by atoms with van der Waals surface area (Å²) in [7, 11) is 0. The van der Waals surface area contributed by atoms with E-state index < -0.39 is 0 Å². The topological polar surface area (TPSA) is 67.7 Å². The van der Waals surface area contributed by atoms with Crippen LogP contribution in [0.1, 0.15) is 46.0 Å². The molecule has 144 valence electrons. The van der Waals surface area contributed by atoms with Crippen LogP contribution in [0.5, 0.6) is 0 Å². The van der Waals surface area contributed by atoms with Gasteiger partial charge in [0.2, 0.25) is 0 Å². The SMILES string of the molecule is CCNC(=NCCCCCCC(=O)OCC)NCCn1cccc1.I. The Kier molecular flexibility index (Phi) is 15.4. The zero-order valence-corrected chi connectivity index (χ0v) is 17.8. The van der Waals surface area contributed by atoms with E-state index in [0.29, 0.717) is 13.0 Å². The van der Waals surface area contributed by atoms with E-state index in [-0.39, 0.29) is 29.9 Å². The number of ether oxygens (including phenoxy) is 1.